The third kappa shape index (κ3) is 1.53. The van der Waals surface area contributed by atoms with Crippen LogP contribution in [-0.4, -0.2) is 14.5 Å². The van der Waals surface area contributed by atoms with Crippen LogP contribution < -0.4 is 5.73 Å². The Morgan fingerprint density at radius 1 is 1.62 bits per heavy atom. The van der Waals surface area contributed by atoms with Gasteiger partial charge in [-0.25, -0.2) is 9.97 Å². The maximum Gasteiger partial charge on any atom is 0.202 e. The molecule has 4 nitrogen and oxygen atoms in total. The molecule has 0 saturated heterocycles. The van der Waals surface area contributed by atoms with E-state index in [0.29, 0.717) is 11.0 Å². The summed E-state index contributed by atoms with van der Waals surface area (Å²) in [6, 6.07) is 1.80. The molecule has 0 bridgehead atoms. The van der Waals surface area contributed by atoms with Crippen LogP contribution in [0.25, 0.3) is 11.2 Å². The molecule has 2 N–H and O–H groups in total. The number of nitrogens with zero attached hydrogens (tertiary/aromatic N) is 3. The van der Waals surface area contributed by atoms with E-state index in [-0.39, 0.29) is 0 Å². The van der Waals surface area contributed by atoms with E-state index in [4.69, 9.17) is 17.3 Å². The van der Waals surface area contributed by atoms with E-state index in [1.807, 2.05) is 4.57 Å². The lowest BCUT2D eigenvalue weighted by atomic mass is 10.3. The standard InChI is InChI=1S/C11H13ClN4/c1-6-2-7(6)5-16-10-9(15-11(16)13)3-8(12)4-14-10/h3-4,6-7H,2,5H2,1H3,(H2,13,15). The summed E-state index contributed by atoms with van der Waals surface area (Å²) in [4.78, 5) is 8.57. The molecule has 1 saturated carbocycles. The molecule has 2 unspecified atom stereocenters. The molecule has 1 aliphatic carbocycles. The molecule has 2 atom stereocenters. The second-order valence-electron chi connectivity index (χ2n) is 4.55. The number of rotatable bonds is 2. The highest BCUT2D eigenvalue weighted by molar-refractivity contribution is 6.31. The van der Waals surface area contributed by atoms with Gasteiger partial charge in [0.25, 0.3) is 0 Å². The van der Waals surface area contributed by atoms with Crippen molar-refractivity contribution in [3.05, 3.63) is 17.3 Å². The van der Waals surface area contributed by atoms with E-state index < -0.39 is 0 Å². The van der Waals surface area contributed by atoms with Crippen molar-refractivity contribution in [2.45, 2.75) is 19.9 Å². The van der Waals surface area contributed by atoms with Gasteiger partial charge in [0.2, 0.25) is 5.95 Å². The molecule has 1 fully saturated rings. The molecule has 2 aromatic heterocycles. The lowest BCUT2D eigenvalue weighted by Gasteiger charge is -2.04. The predicted molar refractivity (Wildman–Crippen MR) is 64.2 cm³/mol. The molecule has 5 heteroatoms. The third-order valence-electron chi connectivity index (χ3n) is 3.27. The number of nitrogen functional groups attached to an aromatic ring is 1. The molecule has 2 heterocycles. The van der Waals surface area contributed by atoms with Crippen LogP contribution in [-0.2, 0) is 6.54 Å². The molecule has 16 heavy (non-hydrogen) atoms. The lowest BCUT2D eigenvalue weighted by Crippen LogP contribution is -2.06. The van der Waals surface area contributed by atoms with Gasteiger partial charge in [0.1, 0.15) is 5.52 Å². The van der Waals surface area contributed by atoms with Crippen LogP contribution in [0.1, 0.15) is 13.3 Å². The molecule has 0 radical (unpaired) electrons. The Morgan fingerprint density at radius 2 is 2.38 bits per heavy atom. The Balaban J connectivity index is 2.05. The summed E-state index contributed by atoms with van der Waals surface area (Å²) in [5.41, 5.74) is 7.50. The molecule has 0 amide bonds. The summed E-state index contributed by atoms with van der Waals surface area (Å²) < 4.78 is 1.99. The second-order valence-corrected chi connectivity index (χ2v) is 4.99. The minimum atomic E-state index is 0.531. The SMILES string of the molecule is CC1CC1Cn1c(N)nc2cc(Cl)cnc21. The van der Waals surface area contributed by atoms with Crippen LogP contribution >= 0.6 is 11.6 Å². The van der Waals surface area contributed by atoms with Crippen LogP contribution in [0.3, 0.4) is 0 Å². The zero-order valence-electron chi connectivity index (χ0n) is 9.02. The van der Waals surface area contributed by atoms with Crippen LogP contribution in [0.4, 0.5) is 5.95 Å². The fraction of sp³-hybridized carbons (Fsp3) is 0.455. The maximum absolute atomic E-state index is 5.89. The smallest absolute Gasteiger partial charge is 0.202 e. The second kappa shape index (κ2) is 3.35. The number of fused-ring (bicyclic) bond motifs is 1. The molecular weight excluding hydrogens is 224 g/mol. The van der Waals surface area contributed by atoms with Crippen molar-refractivity contribution in [2.24, 2.45) is 11.8 Å². The topological polar surface area (TPSA) is 56.7 Å². The number of hydrogen-bond donors (Lipinski definition) is 1. The van der Waals surface area contributed by atoms with E-state index in [2.05, 4.69) is 16.9 Å². The monoisotopic (exact) mass is 236 g/mol. The zero-order valence-corrected chi connectivity index (χ0v) is 9.78. The Kier molecular flexibility index (Phi) is 2.07. The number of nitrogens with two attached hydrogens (primary N) is 1. The van der Waals surface area contributed by atoms with Gasteiger partial charge >= 0.3 is 0 Å². The minimum Gasteiger partial charge on any atom is -0.369 e. The van der Waals surface area contributed by atoms with Gasteiger partial charge < -0.3 is 5.73 Å². The Bertz CT molecular complexity index is 548. The molecule has 0 aromatic carbocycles. The van der Waals surface area contributed by atoms with Crippen molar-refractivity contribution in [3.63, 3.8) is 0 Å². The Labute approximate surface area is 98.4 Å². The first-order chi connectivity index (χ1) is 7.65. The van der Waals surface area contributed by atoms with Gasteiger partial charge in [0.05, 0.1) is 5.02 Å². The highest BCUT2D eigenvalue weighted by atomic mass is 35.5. The van der Waals surface area contributed by atoms with Gasteiger partial charge in [-0.15, -0.1) is 0 Å². The molecule has 84 valence electrons. The first-order valence-electron chi connectivity index (χ1n) is 5.42. The van der Waals surface area contributed by atoms with Crippen molar-refractivity contribution >= 4 is 28.7 Å². The number of halogens is 1. The van der Waals surface area contributed by atoms with E-state index >= 15 is 0 Å². The quantitative estimate of drug-likeness (QED) is 0.871. The summed E-state index contributed by atoms with van der Waals surface area (Å²) in [5.74, 6) is 2.05. The third-order valence-corrected chi connectivity index (χ3v) is 3.48. The number of pyridine rings is 1. The lowest BCUT2D eigenvalue weighted by molar-refractivity contribution is 0.609. The molecule has 2 aromatic rings. The van der Waals surface area contributed by atoms with Crippen LogP contribution in [0.5, 0.6) is 0 Å². The van der Waals surface area contributed by atoms with E-state index in [0.717, 1.165) is 29.5 Å². The predicted octanol–water partition coefficient (Wildman–Crippen LogP) is 2.32. The van der Waals surface area contributed by atoms with E-state index in [9.17, 15) is 0 Å². The molecular formula is C11H13ClN4. The van der Waals surface area contributed by atoms with Crippen LogP contribution in [0.2, 0.25) is 5.02 Å². The molecule has 0 spiro atoms. The van der Waals surface area contributed by atoms with Crippen molar-refractivity contribution < 1.29 is 0 Å². The highest BCUT2D eigenvalue weighted by Crippen LogP contribution is 2.40. The average molecular weight is 237 g/mol. The number of imidazole rings is 1. The van der Waals surface area contributed by atoms with Gasteiger partial charge in [-0.1, -0.05) is 18.5 Å². The van der Waals surface area contributed by atoms with Gasteiger partial charge in [-0.3, -0.25) is 4.57 Å². The van der Waals surface area contributed by atoms with Crippen molar-refractivity contribution in [1.29, 1.82) is 0 Å². The first kappa shape index (κ1) is 9.90. The van der Waals surface area contributed by atoms with Gasteiger partial charge in [-0.05, 0) is 24.3 Å². The van der Waals surface area contributed by atoms with Gasteiger partial charge in [0.15, 0.2) is 5.65 Å². The molecule has 0 aliphatic heterocycles. The summed E-state index contributed by atoms with van der Waals surface area (Å²) >= 11 is 5.87. The van der Waals surface area contributed by atoms with Crippen molar-refractivity contribution in [2.75, 3.05) is 5.73 Å². The summed E-state index contributed by atoms with van der Waals surface area (Å²) in [6.07, 6.45) is 2.91. The van der Waals surface area contributed by atoms with Gasteiger partial charge in [0, 0.05) is 12.7 Å². The van der Waals surface area contributed by atoms with Crippen molar-refractivity contribution in [3.8, 4) is 0 Å². The highest BCUT2D eigenvalue weighted by Gasteiger charge is 2.33. The molecule has 1 aliphatic rings. The van der Waals surface area contributed by atoms with Gasteiger partial charge in [-0.2, -0.15) is 0 Å². The minimum absolute atomic E-state index is 0.531. The first-order valence-corrected chi connectivity index (χ1v) is 5.80. The fourth-order valence-corrected chi connectivity index (χ4v) is 2.22. The summed E-state index contributed by atoms with van der Waals surface area (Å²) in [7, 11) is 0. The number of aromatic nitrogens is 3. The summed E-state index contributed by atoms with van der Waals surface area (Å²) in [5, 5.41) is 0.594. The number of anilines is 1. The van der Waals surface area contributed by atoms with Crippen LogP contribution in [0, 0.1) is 11.8 Å². The Morgan fingerprint density at radius 3 is 3.06 bits per heavy atom. The average Bonchev–Trinajstić information content (AvgIpc) is 2.82. The Hall–Kier alpha value is -1.29. The van der Waals surface area contributed by atoms with E-state index in [1.54, 1.807) is 12.3 Å². The maximum atomic E-state index is 5.89. The van der Waals surface area contributed by atoms with Crippen LogP contribution in [0.15, 0.2) is 12.3 Å². The summed E-state index contributed by atoms with van der Waals surface area (Å²) in [6.45, 7) is 3.17. The molecule has 3 rings (SSSR count). The number of hydrogen-bond acceptors (Lipinski definition) is 3. The van der Waals surface area contributed by atoms with E-state index in [1.165, 1.54) is 6.42 Å². The largest absolute Gasteiger partial charge is 0.369 e. The van der Waals surface area contributed by atoms with Crippen molar-refractivity contribution in [1.82, 2.24) is 14.5 Å². The normalized spacial score (nSPS) is 23.9. The fourth-order valence-electron chi connectivity index (χ4n) is 2.07. The zero-order chi connectivity index (χ0) is 11.3.